The van der Waals surface area contributed by atoms with Crippen molar-refractivity contribution >= 4 is 0 Å². The van der Waals surface area contributed by atoms with Crippen LogP contribution in [0.2, 0.25) is 0 Å². The second-order valence-corrected chi connectivity index (χ2v) is 3.97. The molecule has 0 unspecified atom stereocenters. The second kappa shape index (κ2) is 5.43. The van der Waals surface area contributed by atoms with Gasteiger partial charge in [-0.25, -0.2) is 9.37 Å². The maximum atomic E-state index is 13.1. The molecule has 0 bridgehead atoms. The zero-order valence-electron chi connectivity index (χ0n) is 10.0. The van der Waals surface area contributed by atoms with Gasteiger partial charge in [-0.05, 0) is 23.8 Å². The Balaban J connectivity index is 2.00. The third-order valence-electron chi connectivity index (χ3n) is 2.71. The number of hydrogen-bond donors (Lipinski definition) is 1. The van der Waals surface area contributed by atoms with Crippen LogP contribution in [0.4, 0.5) is 4.39 Å². The lowest BCUT2D eigenvalue weighted by atomic mass is 10.1. The Morgan fingerprint density at radius 2 is 2.28 bits per heavy atom. The van der Waals surface area contributed by atoms with E-state index in [-0.39, 0.29) is 5.82 Å². The van der Waals surface area contributed by atoms with E-state index in [9.17, 15) is 4.39 Å². The molecule has 0 saturated heterocycles. The Kier molecular flexibility index (Phi) is 3.70. The molecule has 1 aromatic carbocycles. The first-order valence-electron chi connectivity index (χ1n) is 5.56. The summed E-state index contributed by atoms with van der Waals surface area (Å²) in [4.78, 5) is 4.17. The third kappa shape index (κ3) is 2.73. The standard InChI is InChI=1S/C13H13FN4/c1-18-5-4-17-13(18)9-16-8-11-6-12(14)3-2-10(11)7-15/h2-6,16H,8-9H2,1H3. The van der Waals surface area contributed by atoms with Crippen molar-refractivity contribution in [3.8, 4) is 6.07 Å². The van der Waals surface area contributed by atoms with Crippen LogP contribution in [0.3, 0.4) is 0 Å². The highest BCUT2D eigenvalue weighted by Gasteiger charge is 2.04. The van der Waals surface area contributed by atoms with E-state index in [1.807, 2.05) is 17.8 Å². The van der Waals surface area contributed by atoms with Crippen molar-refractivity contribution in [3.05, 3.63) is 53.4 Å². The number of rotatable bonds is 4. The molecule has 0 fully saturated rings. The first-order valence-corrected chi connectivity index (χ1v) is 5.56. The van der Waals surface area contributed by atoms with Crippen LogP contribution in [0.5, 0.6) is 0 Å². The highest BCUT2D eigenvalue weighted by molar-refractivity contribution is 5.37. The maximum absolute atomic E-state index is 13.1. The van der Waals surface area contributed by atoms with Crippen LogP contribution in [-0.4, -0.2) is 9.55 Å². The molecule has 5 heteroatoms. The van der Waals surface area contributed by atoms with Crippen LogP contribution in [0.15, 0.2) is 30.6 Å². The number of aromatic nitrogens is 2. The average Bonchev–Trinajstić information content (AvgIpc) is 2.76. The molecule has 0 aliphatic carbocycles. The summed E-state index contributed by atoms with van der Waals surface area (Å²) in [6, 6.07) is 6.21. The fraction of sp³-hybridized carbons (Fsp3) is 0.231. The molecule has 0 amide bonds. The smallest absolute Gasteiger partial charge is 0.123 e. The third-order valence-corrected chi connectivity index (χ3v) is 2.71. The number of imidazole rings is 1. The maximum Gasteiger partial charge on any atom is 0.123 e. The summed E-state index contributed by atoms with van der Waals surface area (Å²) in [5, 5.41) is 12.1. The zero-order valence-corrected chi connectivity index (χ0v) is 10.0. The minimum Gasteiger partial charge on any atom is -0.337 e. The van der Waals surface area contributed by atoms with Crippen molar-refractivity contribution in [2.24, 2.45) is 7.05 Å². The lowest BCUT2D eigenvalue weighted by Crippen LogP contribution is -2.16. The number of nitrogens with zero attached hydrogens (tertiary/aromatic N) is 3. The second-order valence-electron chi connectivity index (χ2n) is 3.97. The molecule has 1 heterocycles. The summed E-state index contributed by atoms with van der Waals surface area (Å²) < 4.78 is 15.0. The molecular weight excluding hydrogens is 231 g/mol. The minimum absolute atomic E-state index is 0.331. The Hall–Kier alpha value is -2.19. The van der Waals surface area contributed by atoms with Gasteiger partial charge in [-0.1, -0.05) is 0 Å². The van der Waals surface area contributed by atoms with Crippen molar-refractivity contribution in [3.63, 3.8) is 0 Å². The summed E-state index contributed by atoms with van der Waals surface area (Å²) in [7, 11) is 1.91. The molecule has 0 atom stereocenters. The quantitative estimate of drug-likeness (QED) is 0.891. The van der Waals surface area contributed by atoms with Gasteiger partial charge in [0, 0.05) is 26.0 Å². The predicted molar refractivity (Wildman–Crippen MR) is 64.9 cm³/mol. The summed E-state index contributed by atoms with van der Waals surface area (Å²) in [5.74, 6) is 0.563. The summed E-state index contributed by atoms with van der Waals surface area (Å²) in [5.41, 5.74) is 1.15. The molecule has 0 saturated carbocycles. The SMILES string of the molecule is Cn1ccnc1CNCc1cc(F)ccc1C#N. The van der Waals surface area contributed by atoms with E-state index in [2.05, 4.69) is 16.4 Å². The number of aryl methyl sites for hydroxylation is 1. The van der Waals surface area contributed by atoms with Crippen LogP contribution in [0.1, 0.15) is 17.0 Å². The van der Waals surface area contributed by atoms with Gasteiger partial charge in [-0.3, -0.25) is 0 Å². The van der Waals surface area contributed by atoms with Gasteiger partial charge < -0.3 is 9.88 Å². The first-order chi connectivity index (χ1) is 8.70. The molecule has 1 N–H and O–H groups in total. The summed E-state index contributed by atoms with van der Waals surface area (Å²) in [6.07, 6.45) is 3.58. The molecule has 0 aliphatic heterocycles. The lowest BCUT2D eigenvalue weighted by molar-refractivity contribution is 0.612. The van der Waals surface area contributed by atoms with Gasteiger partial charge in [0.15, 0.2) is 0 Å². The fourth-order valence-corrected chi connectivity index (χ4v) is 1.69. The van der Waals surface area contributed by atoms with E-state index in [0.717, 1.165) is 5.82 Å². The van der Waals surface area contributed by atoms with Crippen LogP contribution in [0.25, 0.3) is 0 Å². The van der Waals surface area contributed by atoms with Crippen molar-refractivity contribution in [1.82, 2.24) is 14.9 Å². The topological polar surface area (TPSA) is 53.6 Å². The molecule has 0 spiro atoms. The van der Waals surface area contributed by atoms with E-state index in [0.29, 0.717) is 24.2 Å². The van der Waals surface area contributed by atoms with Gasteiger partial charge in [-0.2, -0.15) is 5.26 Å². The summed E-state index contributed by atoms with van der Waals surface area (Å²) >= 11 is 0. The normalized spacial score (nSPS) is 10.3. The highest BCUT2D eigenvalue weighted by atomic mass is 19.1. The largest absolute Gasteiger partial charge is 0.337 e. The Bertz CT molecular complexity index is 583. The van der Waals surface area contributed by atoms with Gasteiger partial charge in [0.25, 0.3) is 0 Å². The molecule has 1 aromatic heterocycles. The monoisotopic (exact) mass is 244 g/mol. The van der Waals surface area contributed by atoms with Gasteiger partial charge in [0.05, 0.1) is 18.2 Å². The van der Waals surface area contributed by atoms with E-state index in [4.69, 9.17) is 5.26 Å². The molecule has 2 aromatic rings. The lowest BCUT2D eigenvalue weighted by Gasteiger charge is -2.06. The first kappa shape index (κ1) is 12.3. The predicted octanol–water partition coefficient (Wildman–Crippen LogP) is 1.72. The van der Waals surface area contributed by atoms with Crippen LogP contribution < -0.4 is 5.32 Å². The molecule has 2 rings (SSSR count). The van der Waals surface area contributed by atoms with Gasteiger partial charge in [0.2, 0.25) is 0 Å². The Morgan fingerprint density at radius 1 is 1.44 bits per heavy atom. The number of nitriles is 1. The molecular formula is C13H13FN4. The summed E-state index contributed by atoms with van der Waals surface area (Å²) in [6.45, 7) is 1.01. The van der Waals surface area contributed by atoms with Crippen molar-refractivity contribution in [2.45, 2.75) is 13.1 Å². The van der Waals surface area contributed by atoms with E-state index >= 15 is 0 Å². The number of halogens is 1. The van der Waals surface area contributed by atoms with Gasteiger partial charge in [0.1, 0.15) is 11.6 Å². The highest BCUT2D eigenvalue weighted by Crippen LogP contribution is 2.10. The van der Waals surface area contributed by atoms with E-state index < -0.39 is 0 Å². The van der Waals surface area contributed by atoms with Crippen LogP contribution >= 0.6 is 0 Å². The molecule has 0 radical (unpaired) electrons. The molecule has 92 valence electrons. The van der Waals surface area contributed by atoms with Crippen molar-refractivity contribution in [2.75, 3.05) is 0 Å². The molecule has 18 heavy (non-hydrogen) atoms. The van der Waals surface area contributed by atoms with Crippen molar-refractivity contribution < 1.29 is 4.39 Å². The van der Waals surface area contributed by atoms with Gasteiger partial charge in [-0.15, -0.1) is 0 Å². The minimum atomic E-state index is -0.331. The van der Waals surface area contributed by atoms with Crippen LogP contribution in [0, 0.1) is 17.1 Å². The zero-order chi connectivity index (χ0) is 13.0. The fourth-order valence-electron chi connectivity index (χ4n) is 1.69. The van der Waals surface area contributed by atoms with Crippen molar-refractivity contribution in [1.29, 1.82) is 5.26 Å². The Morgan fingerprint density at radius 3 is 2.94 bits per heavy atom. The number of benzene rings is 1. The molecule has 0 aliphatic rings. The van der Waals surface area contributed by atoms with E-state index in [1.54, 1.807) is 6.20 Å². The van der Waals surface area contributed by atoms with Crippen LogP contribution in [-0.2, 0) is 20.1 Å². The van der Waals surface area contributed by atoms with E-state index in [1.165, 1.54) is 18.2 Å². The van der Waals surface area contributed by atoms with Gasteiger partial charge >= 0.3 is 0 Å². The Labute approximate surface area is 105 Å². The average molecular weight is 244 g/mol. The number of hydrogen-bond acceptors (Lipinski definition) is 3. The number of nitrogens with one attached hydrogen (secondary N) is 1. The molecule has 4 nitrogen and oxygen atoms in total.